The van der Waals surface area contributed by atoms with Crippen LogP contribution >= 0.6 is 0 Å². The molecule has 2 saturated heterocycles. The zero-order chi connectivity index (χ0) is 18.3. The van der Waals surface area contributed by atoms with Gasteiger partial charge in [-0.3, -0.25) is 9.59 Å². The van der Waals surface area contributed by atoms with Crippen molar-refractivity contribution in [1.29, 1.82) is 0 Å². The molecule has 5 heteroatoms. The van der Waals surface area contributed by atoms with Crippen molar-refractivity contribution in [2.45, 2.75) is 51.1 Å². The number of piperidine rings is 2. The van der Waals surface area contributed by atoms with Crippen molar-refractivity contribution in [2.24, 2.45) is 0 Å². The van der Waals surface area contributed by atoms with Gasteiger partial charge in [0.05, 0.1) is 17.1 Å². The summed E-state index contributed by atoms with van der Waals surface area (Å²) in [6.07, 6.45) is 3.75. The van der Waals surface area contributed by atoms with Gasteiger partial charge in [-0.15, -0.1) is 0 Å². The highest BCUT2D eigenvalue weighted by molar-refractivity contribution is 5.95. The maximum absolute atomic E-state index is 13.3. The Balaban J connectivity index is 1.68. The summed E-state index contributed by atoms with van der Waals surface area (Å²) >= 11 is 0. The minimum atomic E-state index is -0.313. The van der Waals surface area contributed by atoms with Gasteiger partial charge in [0.25, 0.3) is 5.91 Å². The van der Waals surface area contributed by atoms with Gasteiger partial charge in [-0.1, -0.05) is 24.3 Å². The molecule has 2 atom stereocenters. The fourth-order valence-corrected chi connectivity index (χ4v) is 4.78. The Bertz CT molecular complexity index is 865. The Morgan fingerprint density at radius 2 is 1.92 bits per heavy atom. The molecule has 3 heterocycles. The second kappa shape index (κ2) is 6.38. The van der Waals surface area contributed by atoms with Gasteiger partial charge in [-0.05, 0) is 44.7 Å². The molecule has 26 heavy (non-hydrogen) atoms. The van der Waals surface area contributed by atoms with E-state index in [-0.39, 0.29) is 23.4 Å². The van der Waals surface area contributed by atoms with Crippen molar-refractivity contribution in [1.82, 2.24) is 14.8 Å². The monoisotopic (exact) mass is 351 g/mol. The van der Waals surface area contributed by atoms with Crippen LogP contribution in [0.25, 0.3) is 10.9 Å². The maximum Gasteiger partial charge on any atom is 0.272 e. The first-order valence-corrected chi connectivity index (χ1v) is 9.46. The summed E-state index contributed by atoms with van der Waals surface area (Å²) in [5.74, 6) is 0.0902. The van der Waals surface area contributed by atoms with E-state index >= 15 is 0 Å². The summed E-state index contributed by atoms with van der Waals surface area (Å²) in [7, 11) is 0. The Morgan fingerprint density at radius 1 is 1.12 bits per heavy atom. The number of amides is 2. The van der Waals surface area contributed by atoms with Crippen molar-refractivity contribution < 1.29 is 9.59 Å². The Hall–Kier alpha value is -2.43. The lowest BCUT2D eigenvalue weighted by Crippen LogP contribution is -2.68. The van der Waals surface area contributed by atoms with E-state index in [1.165, 1.54) is 0 Å². The van der Waals surface area contributed by atoms with E-state index in [9.17, 15) is 9.59 Å². The molecule has 0 spiro atoms. The normalized spacial score (nSPS) is 25.8. The van der Waals surface area contributed by atoms with Crippen LogP contribution in [0.5, 0.6) is 0 Å². The second-order valence-electron chi connectivity index (χ2n) is 7.68. The van der Waals surface area contributed by atoms with Gasteiger partial charge in [0.1, 0.15) is 5.69 Å². The molecule has 0 bridgehead atoms. The summed E-state index contributed by atoms with van der Waals surface area (Å²) in [5, 5.41) is 1.03. The summed E-state index contributed by atoms with van der Waals surface area (Å²) in [5.41, 5.74) is 1.02. The predicted octanol–water partition coefficient (Wildman–Crippen LogP) is 3.24. The Kier molecular flexibility index (Phi) is 4.17. The number of rotatable bonds is 1. The van der Waals surface area contributed by atoms with Crippen LogP contribution in [0.3, 0.4) is 0 Å². The van der Waals surface area contributed by atoms with Crippen molar-refractivity contribution in [2.75, 3.05) is 13.1 Å². The van der Waals surface area contributed by atoms with E-state index in [0.29, 0.717) is 5.69 Å². The third kappa shape index (κ3) is 2.66. The van der Waals surface area contributed by atoms with Crippen molar-refractivity contribution in [3.05, 3.63) is 42.1 Å². The third-order valence-electron chi connectivity index (χ3n) is 6.12. The van der Waals surface area contributed by atoms with Crippen LogP contribution in [-0.2, 0) is 4.79 Å². The maximum atomic E-state index is 13.3. The first-order chi connectivity index (χ1) is 12.5. The average molecular weight is 351 g/mol. The van der Waals surface area contributed by atoms with E-state index in [4.69, 9.17) is 0 Å². The molecule has 2 fully saturated rings. The SMILES string of the molecule is CC(=O)N1CCC[C@@]2(C)[C@@H]1CCCN2C(=O)c1ccc2ccccc2n1. The molecule has 4 rings (SSSR count). The molecule has 2 aliphatic heterocycles. The number of hydrogen-bond donors (Lipinski definition) is 0. The molecule has 1 aromatic carbocycles. The van der Waals surface area contributed by atoms with E-state index < -0.39 is 0 Å². The van der Waals surface area contributed by atoms with Gasteiger partial charge in [-0.2, -0.15) is 0 Å². The van der Waals surface area contributed by atoms with Crippen molar-refractivity contribution in [3.8, 4) is 0 Å². The summed E-state index contributed by atoms with van der Waals surface area (Å²) < 4.78 is 0. The van der Waals surface area contributed by atoms with E-state index in [1.807, 2.05) is 46.2 Å². The molecule has 2 aliphatic rings. The number of likely N-dealkylation sites (tertiary alicyclic amines) is 2. The third-order valence-corrected chi connectivity index (χ3v) is 6.12. The molecular formula is C21H25N3O2. The molecule has 5 nitrogen and oxygen atoms in total. The van der Waals surface area contributed by atoms with Gasteiger partial charge in [-0.25, -0.2) is 4.98 Å². The number of carbonyl (C=O) groups excluding carboxylic acids is 2. The standard InChI is InChI=1S/C21H25N3O2/c1-15(25)23-13-6-12-21(2)19(23)9-5-14-24(21)20(26)18-11-10-16-7-3-4-8-17(16)22-18/h3-4,7-8,10-11,19H,5-6,9,12-14H2,1-2H3/t19-,21-/m0/s1. The molecule has 0 saturated carbocycles. The van der Waals surface area contributed by atoms with Crippen LogP contribution in [0.4, 0.5) is 0 Å². The minimum Gasteiger partial charge on any atom is -0.338 e. The second-order valence-corrected chi connectivity index (χ2v) is 7.68. The van der Waals surface area contributed by atoms with Gasteiger partial charge in [0.15, 0.2) is 0 Å². The molecule has 2 amide bonds. The number of pyridine rings is 1. The Morgan fingerprint density at radius 3 is 2.73 bits per heavy atom. The number of hydrogen-bond acceptors (Lipinski definition) is 3. The number of carbonyl (C=O) groups is 2. The zero-order valence-electron chi connectivity index (χ0n) is 15.4. The van der Waals surface area contributed by atoms with Crippen LogP contribution in [0.2, 0.25) is 0 Å². The fourth-order valence-electron chi connectivity index (χ4n) is 4.78. The molecule has 136 valence electrons. The van der Waals surface area contributed by atoms with Gasteiger partial charge < -0.3 is 9.80 Å². The lowest BCUT2D eigenvalue weighted by molar-refractivity contribution is -0.140. The smallest absolute Gasteiger partial charge is 0.272 e. The number of fused-ring (bicyclic) bond motifs is 2. The molecule has 0 unspecified atom stereocenters. The summed E-state index contributed by atoms with van der Waals surface area (Å²) in [6.45, 7) is 5.31. The number of aromatic nitrogens is 1. The van der Waals surface area contributed by atoms with Crippen LogP contribution < -0.4 is 0 Å². The molecule has 0 aliphatic carbocycles. The average Bonchev–Trinajstić information content (AvgIpc) is 2.65. The van der Waals surface area contributed by atoms with Crippen LogP contribution in [0.15, 0.2) is 36.4 Å². The largest absolute Gasteiger partial charge is 0.338 e. The van der Waals surface area contributed by atoms with E-state index in [1.54, 1.807) is 6.92 Å². The highest BCUT2D eigenvalue weighted by Crippen LogP contribution is 2.39. The molecule has 0 N–H and O–H groups in total. The fraction of sp³-hybridized carbons (Fsp3) is 0.476. The number of nitrogens with zero attached hydrogens (tertiary/aromatic N) is 3. The van der Waals surface area contributed by atoms with Crippen LogP contribution in [-0.4, -0.2) is 51.3 Å². The van der Waals surface area contributed by atoms with Crippen molar-refractivity contribution >= 4 is 22.7 Å². The predicted molar refractivity (Wildman–Crippen MR) is 101 cm³/mol. The lowest BCUT2D eigenvalue weighted by atomic mass is 9.76. The molecule has 1 aromatic heterocycles. The van der Waals surface area contributed by atoms with Crippen LogP contribution in [0, 0.1) is 0 Å². The highest BCUT2D eigenvalue weighted by Gasteiger charge is 2.49. The first-order valence-electron chi connectivity index (χ1n) is 9.46. The van der Waals surface area contributed by atoms with E-state index in [0.717, 1.165) is 49.7 Å². The molecular weight excluding hydrogens is 326 g/mol. The van der Waals surface area contributed by atoms with Crippen LogP contribution in [0.1, 0.15) is 50.0 Å². The molecule has 2 aromatic rings. The number of para-hydroxylation sites is 1. The minimum absolute atomic E-state index is 0.0200. The summed E-state index contributed by atoms with van der Waals surface area (Å²) in [4.78, 5) is 34.0. The van der Waals surface area contributed by atoms with Gasteiger partial charge in [0.2, 0.25) is 5.91 Å². The zero-order valence-corrected chi connectivity index (χ0v) is 15.4. The highest BCUT2D eigenvalue weighted by atomic mass is 16.2. The molecule has 0 radical (unpaired) electrons. The van der Waals surface area contributed by atoms with Gasteiger partial charge >= 0.3 is 0 Å². The lowest BCUT2D eigenvalue weighted by Gasteiger charge is -2.56. The number of benzene rings is 1. The first kappa shape index (κ1) is 17.0. The topological polar surface area (TPSA) is 53.5 Å². The van der Waals surface area contributed by atoms with E-state index in [2.05, 4.69) is 11.9 Å². The quantitative estimate of drug-likeness (QED) is 0.792. The van der Waals surface area contributed by atoms with Gasteiger partial charge in [0, 0.05) is 25.4 Å². The van der Waals surface area contributed by atoms with Crippen molar-refractivity contribution in [3.63, 3.8) is 0 Å². The summed E-state index contributed by atoms with van der Waals surface area (Å²) in [6, 6.07) is 11.7. The Labute approximate surface area is 154 Å².